The van der Waals surface area contributed by atoms with Gasteiger partial charge in [0.25, 0.3) is 0 Å². The predicted molar refractivity (Wildman–Crippen MR) is 71.7 cm³/mol. The van der Waals surface area contributed by atoms with Gasteiger partial charge in [-0.05, 0) is 46.0 Å². The molecule has 0 unspecified atom stereocenters. The maximum absolute atomic E-state index is 12.2. The number of rotatable bonds is 2. The topological polar surface area (TPSA) is 58.6 Å². The highest BCUT2D eigenvalue weighted by molar-refractivity contribution is 5.86. The van der Waals surface area contributed by atoms with E-state index in [1.807, 2.05) is 20.8 Å². The quantitative estimate of drug-likeness (QED) is 0.832. The maximum atomic E-state index is 12.2. The minimum atomic E-state index is -0.522. The van der Waals surface area contributed by atoms with Crippen LogP contribution in [0.25, 0.3) is 0 Å². The summed E-state index contributed by atoms with van der Waals surface area (Å²) in [5.41, 5.74) is -0.522. The molecule has 1 aliphatic carbocycles. The minimum Gasteiger partial charge on any atom is -0.444 e. The van der Waals surface area contributed by atoms with Crippen molar-refractivity contribution in [3.8, 4) is 0 Å². The van der Waals surface area contributed by atoms with Gasteiger partial charge >= 0.3 is 6.09 Å². The average molecular weight is 268 g/mol. The third-order valence-corrected chi connectivity index (χ3v) is 3.62. The Morgan fingerprint density at radius 3 is 2.47 bits per heavy atom. The van der Waals surface area contributed by atoms with Gasteiger partial charge in [0, 0.05) is 12.6 Å². The van der Waals surface area contributed by atoms with Gasteiger partial charge in [-0.3, -0.25) is 9.69 Å². The standard InChI is InChI=1S/C14H24N2O3/c1-9-8-10(9)15-12(17)11-6-5-7-16(11)13(18)19-14(2,3)4/h9-11H,5-8H2,1-4H3,(H,15,17)/t9-,10-,11-/m1/s1. The highest BCUT2D eigenvalue weighted by Crippen LogP contribution is 2.30. The molecule has 0 radical (unpaired) electrons. The zero-order chi connectivity index (χ0) is 14.2. The first-order chi connectivity index (χ1) is 8.78. The van der Waals surface area contributed by atoms with Crippen LogP contribution in [0.3, 0.4) is 0 Å². The number of ether oxygens (including phenoxy) is 1. The summed E-state index contributed by atoms with van der Waals surface area (Å²) in [5.74, 6) is 0.540. The van der Waals surface area contributed by atoms with E-state index < -0.39 is 5.60 Å². The Kier molecular flexibility index (Phi) is 3.74. The molecule has 1 saturated carbocycles. The molecular weight excluding hydrogens is 244 g/mol. The molecule has 5 heteroatoms. The van der Waals surface area contributed by atoms with Gasteiger partial charge in [0.05, 0.1) is 0 Å². The maximum Gasteiger partial charge on any atom is 0.410 e. The van der Waals surface area contributed by atoms with Gasteiger partial charge in [-0.1, -0.05) is 6.92 Å². The summed E-state index contributed by atoms with van der Waals surface area (Å²) in [7, 11) is 0. The van der Waals surface area contributed by atoms with Crippen molar-refractivity contribution in [2.75, 3.05) is 6.54 Å². The highest BCUT2D eigenvalue weighted by Gasteiger charge is 2.40. The molecule has 0 spiro atoms. The number of nitrogens with zero attached hydrogens (tertiary/aromatic N) is 1. The molecule has 1 saturated heterocycles. The normalized spacial score (nSPS) is 30.1. The van der Waals surface area contributed by atoms with Crippen LogP contribution < -0.4 is 5.32 Å². The van der Waals surface area contributed by atoms with Crippen molar-refractivity contribution in [2.45, 2.75) is 64.6 Å². The zero-order valence-electron chi connectivity index (χ0n) is 12.2. The Balaban J connectivity index is 1.92. The van der Waals surface area contributed by atoms with E-state index >= 15 is 0 Å². The van der Waals surface area contributed by atoms with Gasteiger partial charge in [0.1, 0.15) is 11.6 Å². The molecule has 108 valence electrons. The summed E-state index contributed by atoms with van der Waals surface area (Å²) < 4.78 is 5.35. The second-order valence-corrected chi connectivity index (χ2v) is 6.66. The summed E-state index contributed by atoms with van der Waals surface area (Å²) in [6, 6.07) is -0.0590. The molecule has 0 aromatic carbocycles. The molecule has 1 heterocycles. The van der Waals surface area contributed by atoms with Gasteiger partial charge in [0.15, 0.2) is 0 Å². The number of hydrogen-bond acceptors (Lipinski definition) is 3. The van der Waals surface area contributed by atoms with E-state index in [0.717, 1.165) is 19.3 Å². The Bertz CT molecular complexity index is 375. The first-order valence-corrected chi connectivity index (χ1v) is 7.08. The first-order valence-electron chi connectivity index (χ1n) is 7.08. The van der Waals surface area contributed by atoms with Crippen molar-refractivity contribution in [3.63, 3.8) is 0 Å². The Hall–Kier alpha value is -1.26. The molecule has 0 aromatic rings. The lowest BCUT2D eigenvalue weighted by Gasteiger charge is -2.28. The number of carbonyl (C=O) groups excluding carboxylic acids is 2. The largest absolute Gasteiger partial charge is 0.444 e. The third kappa shape index (κ3) is 3.61. The van der Waals surface area contributed by atoms with Gasteiger partial charge in [-0.25, -0.2) is 4.79 Å². The van der Waals surface area contributed by atoms with Crippen LogP contribution in [0.5, 0.6) is 0 Å². The summed E-state index contributed by atoms with van der Waals surface area (Å²) in [6.07, 6.45) is 2.25. The molecule has 1 aliphatic heterocycles. The number of amides is 2. The number of nitrogens with one attached hydrogen (secondary N) is 1. The molecule has 0 aromatic heterocycles. The fraction of sp³-hybridized carbons (Fsp3) is 0.857. The fourth-order valence-corrected chi connectivity index (χ4v) is 2.38. The molecule has 19 heavy (non-hydrogen) atoms. The first kappa shape index (κ1) is 14.2. The third-order valence-electron chi connectivity index (χ3n) is 3.62. The number of likely N-dealkylation sites (tertiary alicyclic amines) is 1. The summed E-state index contributed by atoms with van der Waals surface area (Å²) in [5, 5.41) is 3.00. The lowest BCUT2D eigenvalue weighted by Crippen LogP contribution is -2.48. The Morgan fingerprint density at radius 1 is 1.32 bits per heavy atom. The van der Waals surface area contributed by atoms with Crippen LogP contribution in [-0.2, 0) is 9.53 Å². The molecular formula is C14H24N2O3. The van der Waals surface area contributed by atoms with Crippen molar-refractivity contribution >= 4 is 12.0 Å². The molecule has 3 atom stereocenters. The lowest BCUT2D eigenvalue weighted by atomic mass is 10.2. The molecule has 2 amide bonds. The average Bonchev–Trinajstić information content (AvgIpc) is 2.81. The minimum absolute atomic E-state index is 0.0299. The smallest absolute Gasteiger partial charge is 0.410 e. The number of carbonyl (C=O) groups is 2. The van der Waals surface area contributed by atoms with Crippen molar-refractivity contribution in [3.05, 3.63) is 0 Å². The lowest BCUT2D eigenvalue weighted by molar-refractivity contribution is -0.125. The highest BCUT2D eigenvalue weighted by atomic mass is 16.6. The molecule has 0 bridgehead atoms. The molecule has 2 fully saturated rings. The fourth-order valence-electron chi connectivity index (χ4n) is 2.38. The zero-order valence-corrected chi connectivity index (χ0v) is 12.2. The predicted octanol–water partition coefficient (Wildman–Crippen LogP) is 1.91. The molecule has 1 N–H and O–H groups in total. The second kappa shape index (κ2) is 5.02. The van der Waals surface area contributed by atoms with Crippen molar-refractivity contribution in [2.24, 2.45) is 5.92 Å². The summed E-state index contributed by atoms with van der Waals surface area (Å²) in [4.78, 5) is 25.8. The van der Waals surface area contributed by atoms with Crippen molar-refractivity contribution in [1.82, 2.24) is 10.2 Å². The van der Waals surface area contributed by atoms with E-state index in [9.17, 15) is 9.59 Å². The van der Waals surface area contributed by atoms with Gasteiger partial charge < -0.3 is 10.1 Å². The molecule has 2 rings (SSSR count). The Labute approximate surface area is 114 Å². The van der Waals surface area contributed by atoms with Crippen LogP contribution in [0, 0.1) is 5.92 Å². The van der Waals surface area contributed by atoms with E-state index in [2.05, 4.69) is 12.2 Å². The van der Waals surface area contributed by atoms with Crippen LogP contribution in [-0.4, -0.2) is 41.1 Å². The Morgan fingerprint density at radius 2 is 1.95 bits per heavy atom. The SMILES string of the molecule is C[C@@H]1C[C@H]1NC(=O)[C@H]1CCCN1C(=O)OC(C)(C)C. The van der Waals surface area contributed by atoms with Crippen molar-refractivity contribution < 1.29 is 14.3 Å². The van der Waals surface area contributed by atoms with Crippen LogP contribution in [0.1, 0.15) is 47.0 Å². The van der Waals surface area contributed by atoms with Gasteiger partial charge in [-0.2, -0.15) is 0 Å². The molecule has 2 aliphatic rings. The second-order valence-electron chi connectivity index (χ2n) is 6.66. The van der Waals surface area contributed by atoms with Gasteiger partial charge in [-0.15, -0.1) is 0 Å². The number of hydrogen-bond donors (Lipinski definition) is 1. The van der Waals surface area contributed by atoms with E-state index in [-0.39, 0.29) is 18.0 Å². The van der Waals surface area contributed by atoms with Crippen LogP contribution in [0.2, 0.25) is 0 Å². The van der Waals surface area contributed by atoms with Gasteiger partial charge in [0.2, 0.25) is 5.91 Å². The van der Waals surface area contributed by atoms with E-state index in [1.54, 1.807) is 4.90 Å². The monoisotopic (exact) mass is 268 g/mol. The van der Waals surface area contributed by atoms with Crippen LogP contribution in [0.4, 0.5) is 4.79 Å². The van der Waals surface area contributed by atoms with Crippen LogP contribution in [0.15, 0.2) is 0 Å². The van der Waals surface area contributed by atoms with E-state index in [0.29, 0.717) is 18.5 Å². The van der Waals surface area contributed by atoms with E-state index in [4.69, 9.17) is 4.74 Å². The van der Waals surface area contributed by atoms with Crippen molar-refractivity contribution in [1.29, 1.82) is 0 Å². The van der Waals surface area contributed by atoms with E-state index in [1.165, 1.54) is 0 Å². The molecule has 5 nitrogen and oxygen atoms in total. The summed E-state index contributed by atoms with van der Waals surface area (Å²) >= 11 is 0. The van der Waals surface area contributed by atoms with Crippen LogP contribution >= 0.6 is 0 Å². The summed E-state index contributed by atoms with van der Waals surface area (Å²) in [6.45, 7) is 8.23.